The molecule has 3 heterocycles. The van der Waals surface area contributed by atoms with Gasteiger partial charge in [0.2, 0.25) is 0 Å². The van der Waals surface area contributed by atoms with Gasteiger partial charge in [0.05, 0.1) is 5.56 Å². The molecule has 1 atom stereocenters. The van der Waals surface area contributed by atoms with Crippen molar-refractivity contribution in [2.75, 3.05) is 0 Å². The Hall–Kier alpha value is -3.74. The molecule has 156 valence electrons. The van der Waals surface area contributed by atoms with E-state index in [1.807, 2.05) is 30.3 Å². The fourth-order valence-corrected chi connectivity index (χ4v) is 4.26. The summed E-state index contributed by atoms with van der Waals surface area (Å²) >= 11 is 0. The van der Waals surface area contributed by atoms with Gasteiger partial charge in [-0.1, -0.05) is 48.5 Å². The maximum atomic E-state index is 13.0. The van der Waals surface area contributed by atoms with Crippen LogP contribution >= 0.6 is 0 Å². The smallest absolute Gasteiger partial charge is 0.255 e. The van der Waals surface area contributed by atoms with Gasteiger partial charge < -0.3 is 14.9 Å². The quantitative estimate of drug-likeness (QED) is 0.538. The van der Waals surface area contributed by atoms with E-state index in [0.717, 1.165) is 43.9 Å². The van der Waals surface area contributed by atoms with Gasteiger partial charge in [0.25, 0.3) is 11.5 Å². The van der Waals surface area contributed by atoms with Gasteiger partial charge in [-0.25, -0.2) is 0 Å². The van der Waals surface area contributed by atoms with Crippen molar-refractivity contribution >= 4 is 16.7 Å². The molecule has 1 amide bonds. The number of hydrogen-bond donors (Lipinski definition) is 2. The molecule has 7 nitrogen and oxygen atoms in total. The van der Waals surface area contributed by atoms with Crippen LogP contribution in [0.2, 0.25) is 0 Å². The number of hydrogen-bond acceptors (Lipinski definition) is 4. The average Bonchev–Trinajstić information content (AvgIpc) is 3.06. The number of benzene rings is 2. The minimum absolute atomic E-state index is 0.0319. The van der Waals surface area contributed by atoms with Gasteiger partial charge in [0.1, 0.15) is 11.6 Å². The average molecular weight is 413 g/mol. The molecule has 1 aliphatic rings. The number of aromatic amines is 1. The van der Waals surface area contributed by atoms with E-state index >= 15 is 0 Å². The maximum Gasteiger partial charge on any atom is 0.255 e. The third kappa shape index (κ3) is 3.86. The normalized spacial score (nSPS) is 15.9. The van der Waals surface area contributed by atoms with Crippen LogP contribution < -0.4 is 10.9 Å². The molecule has 2 aromatic heterocycles. The van der Waals surface area contributed by atoms with E-state index in [9.17, 15) is 9.59 Å². The molecule has 2 N–H and O–H groups in total. The molecule has 0 spiro atoms. The number of H-pyrrole nitrogens is 1. The SMILES string of the molecule is O=C(NC1CCc2nnc(Cc3ccccc3)n2CC1)c1c[nH]c(=O)c2ccccc12. The molecule has 0 aliphatic carbocycles. The lowest BCUT2D eigenvalue weighted by atomic mass is 10.1. The highest BCUT2D eigenvalue weighted by Gasteiger charge is 2.23. The van der Waals surface area contributed by atoms with Gasteiger partial charge in [0.15, 0.2) is 0 Å². The standard InChI is InChI=1S/C24H23N5O2/c30-23-19-9-5-4-8-18(19)20(15-25-23)24(31)26-17-10-11-21-27-28-22(29(21)13-12-17)14-16-6-2-1-3-7-16/h1-9,15,17H,10-14H2,(H,25,30)(H,26,31). The summed E-state index contributed by atoms with van der Waals surface area (Å²) in [7, 11) is 0. The Balaban J connectivity index is 1.31. The highest BCUT2D eigenvalue weighted by molar-refractivity contribution is 6.06. The van der Waals surface area contributed by atoms with Gasteiger partial charge in [-0.2, -0.15) is 0 Å². The predicted molar refractivity (Wildman–Crippen MR) is 118 cm³/mol. The van der Waals surface area contributed by atoms with E-state index < -0.39 is 0 Å². The van der Waals surface area contributed by atoms with Crippen LogP contribution in [0.25, 0.3) is 10.8 Å². The molecule has 0 bridgehead atoms. The van der Waals surface area contributed by atoms with Crippen molar-refractivity contribution in [2.24, 2.45) is 0 Å². The van der Waals surface area contributed by atoms with Gasteiger partial charge >= 0.3 is 0 Å². The number of nitrogens with zero attached hydrogens (tertiary/aromatic N) is 3. The first-order valence-corrected chi connectivity index (χ1v) is 10.6. The van der Waals surface area contributed by atoms with Gasteiger partial charge in [0, 0.05) is 42.4 Å². The van der Waals surface area contributed by atoms with E-state index in [2.05, 4.69) is 37.2 Å². The first kappa shape index (κ1) is 19.2. The first-order valence-electron chi connectivity index (χ1n) is 10.6. The van der Waals surface area contributed by atoms with E-state index in [1.165, 1.54) is 11.8 Å². The minimum Gasteiger partial charge on any atom is -0.349 e. The fraction of sp³-hybridized carbons (Fsp3) is 0.250. The second kappa shape index (κ2) is 8.18. The Kier molecular flexibility index (Phi) is 5.08. The Morgan fingerprint density at radius 3 is 2.65 bits per heavy atom. The van der Waals surface area contributed by atoms with Crippen LogP contribution in [0.4, 0.5) is 0 Å². The van der Waals surface area contributed by atoms with E-state index in [0.29, 0.717) is 16.3 Å². The molecule has 5 rings (SSSR count). The van der Waals surface area contributed by atoms with Crippen molar-refractivity contribution in [3.8, 4) is 0 Å². The maximum absolute atomic E-state index is 13.0. The van der Waals surface area contributed by atoms with E-state index in [4.69, 9.17) is 0 Å². The molecular weight excluding hydrogens is 390 g/mol. The van der Waals surface area contributed by atoms with Crippen molar-refractivity contribution in [2.45, 2.75) is 38.3 Å². The monoisotopic (exact) mass is 413 g/mol. The van der Waals surface area contributed by atoms with Crippen LogP contribution in [0.3, 0.4) is 0 Å². The molecule has 1 unspecified atom stereocenters. The summed E-state index contributed by atoms with van der Waals surface area (Å²) in [6, 6.07) is 17.5. The van der Waals surface area contributed by atoms with E-state index in [1.54, 1.807) is 12.1 Å². The van der Waals surface area contributed by atoms with Gasteiger partial charge in [-0.15, -0.1) is 10.2 Å². The summed E-state index contributed by atoms with van der Waals surface area (Å²) in [4.78, 5) is 27.7. The number of fused-ring (bicyclic) bond motifs is 2. The largest absolute Gasteiger partial charge is 0.349 e. The Morgan fingerprint density at radius 1 is 1.03 bits per heavy atom. The number of nitrogens with one attached hydrogen (secondary N) is 2. The third-order valence-corrected chi connectivity index (χ3v) is 5.92. The number of aromatic nitrogens is 4. The molecule has 0 radical (unpaired) electrons. The minimum atomic E-state index is -0.189. The summed E-state index contributed by atoms with van der Waals surface area (Å²) in [5, 5.41) is 13.1. The van der Waals surface area contributed by atoms with Crippen LogP contribution in [0.5, 0.6) is 0 Å². The predicted octanol–water partition coefficient (Wildman–Crippen LogP) is 2.85. The highest BCUT2D eigenvalue weighted by atomic mass is 16.2. The van der Waals surface area contributed by atoms with Gasteiger partial charge in [-0.05, 0) is 24.5 Å². The lowest BCUT2D eigenvalue weighted by Gasteiger charge is -2.17. The molecular formula is C24H23N5O2. The number of carbonyl (C=O) groups excluding carboxylic acids is 1. The Morgan fingerprint density at radius 2 is 1.81 bits per heavy atom. The molecule has 31 heavy (non-hydrogen) atoms. The summed E-state index contributed by atoms with van der Waals surface area (Å²) in [6.07, 6.45) is 4.62. The topological polar surface area (TPSA) is 92.7 Å². The molecule has 4 aromatic rings. The summed E-state index contributed by atoms with van der Waals surface area (Å²) in [5.41, 5.74) is 1.51. The molecule has 1 aliphatic heterocycles. The lowest BCUT2D eigenvalue weighted by Crippen LogP contribution is -2.35. The summed E-state index contributed by atoms with van der Waals surface area (Å²) < 4.78 is 2.19. The van der Waals surface area contributed by atoms with Crippen LogP contribution in [-0.4, -0.2) is 31.7 Å². The molecule has 7 heteroatoms. The van der Waals surface area contributed by atoms with Crippen LogP contribution in [0, 0.1) is 0 Å². The summed E-state index contributed by atoms with van der Waals surface area (Å²) in [5.74, 6) is 1.76. The molecule has 2 aromatic carbocycles. The Bertz CT molecular complexity index is 1290. The third-order valence-electron chi connectivity index (χ3n) is 5.92. The molecule has 0 saturated carbocycles. The first-order chi connectivity index (χ1) is 15.2. The fourth-order valence-electron chi connectivity index (χ4n) is 4.26. The number of aryl methyl sites for hydroxylation is 1. The van der Waals surface area contributed by atoms with Gasteiger partial charge in [-0.3, -0.25) is 9.59 Å². The zero-order chi connectivity index (χ0) is 21.2. The van der Waals surface area contributed by atoms with Crippen molar-refractivity contribution in [3.05, 3.63) is 93.9 Å². The van der Waals surface area contributed by atoms with Crippen molar-refractivity contribution in [1.29, 1.82) is 0 Å². The van der Waals surface area contributed by atoms with Crippen LogP contribution in [0.15, 0.2) is 65.6 Å². The highest BCUT2D eigenvalue weighted by Crippen LogP contribution is 2.19. The second-order valence-electron chi connectivity index (χ2n) is 7.92. The molecule has 0 saturated heterocycles. The van der Waals surface area contributed by atoms with Crippen LogP contribution in [-0.2, 0) is 19.4 Å². The van der Waals surface area contributed by atoms with E-state index in [-0.39, 0.29) is 17.5 Å². The van der Waals surface area contributed by atoms with Crippen LogP contribution in [0.1, 0.15) is 40.4 Å². The van der Waals surface area contributed by atoms with Crippen molar-refractivity contribution in [1.82, 2.24) is 25.1 Å². The van der Waals surface area contributed by atoms with Crippen molar-refractivity contribution < 1.29 is 4.79 Å². The summed E-state index contributed by atoms with van der Waals surface area (Å²) in [6.45, 7) is 0.766. The zero-order valence-corrected chi connectivity index (χ0v) is 17.0. The van der Waals surface area contributed by atoms with Crippen molar-refractivity contribution in [3.63, 3.8) is 0 Å². The second-order valence-corrected chi connectivity index (χ2v) is 7.92. The molecule has 0 fully saturated rings. The number of pyridine rings is 1. The Labute approximate surface area is 179 Å². The number of carbonyl (C=O) groups is 1. The lowest BCUT2D eigenvalue weighted by molar-refractivity contribution is 0.0934. The zero-order valence-electron chi connectivity index (χ0n) is 17.0. The number of amides is 1. The number of rotatable bonds is 4.